The summed E-state index contributed by atoms with van der Waals surface area (Å²) in [6.07, 6.45) is 0.148. The van der Waals surface area contributed by atoms with Gasteiger partial charge in [-0.15, -0.1) is 0 Å². The van der Waals surface area contributed by atoms with Gasteiger partial charge in [0, 0.05) is 35.6 Å². The number of nitrogens with one attached hydrogen (secondary N) is 1. The predicted octanol–water partition coefficient (Wildman–Crippen LogP) is 2.41. The number of ether oxygens (including phenoxy) is 1. The highest BCUT2D eigenvalue weighted by molar-refractivity contribution is 7.85. The maximum Gasteiger partial charge on any atom is 0.407 e. The maximum atomic E-state index is 12.5. The Kier molecular flexibility index (Phi) is 7.46. The van der Waals surface area contributed by atoms with Crippen LogP contribution in [0.3, 0.4) is 0 Å². The first kappa shape index (κ1) is 21.2. The second kappa shape index (κ2) is 9.17. The minimum atomic E-state index is -1.09. The van der Waals surface area contributed by atoms with E-state index in [0.29, 0.717) is 31.1 Å². The van der Waals surface area contributed by atoms with Crippen molar-refractivity contribution in [2.75, 3.05) is 26.2 Å². The molecule has 1 fully saturated rings. The SMILES string of the molecule is CC(C)(C)OC(=O)NCC[C@@H](CO)N1CC(S(=O)c2ccc(Cl)cc2)C1. The lowest BCUT2D eigenvalue weighted by Crippen LogP contribution is -2.58. The van der Waals surface area contributed by atoms with Gasteiger partial charge in [-0.2, -0.15) is 0 Å². The monoisotopic (exact) mass is 402 g/mol. The summed E-state index contributed by atoms with van der Waals surface area (Å²) in [6, 6.07) is 6.99. The van der Waals surface area contributed by atoms with Crippen LogP contribution in [0.5, 0.6) is 0 Å². The first-order valence-corrected chi connectivity index (χ1v) is 10.3. The van der Waals surface area contributed by atoms with E-state index >= 15 is 0 Å². The molecule has 1 aliphatic heterocycles. The number of likely N-dealkylation sites (tertiary alicyclic amines) is 1. The normalized spacial score (nSPS) is 18.0. The molecule has 26 heavy (non-hydrogen) atoms. The van der Waals surface area contributed by atoms with Crippen LogP contribution in [0, 0.1) is 0 Å². The van der Waals surface area contributed by atoms with Crippen LogP contribution in [0.2, 0.25) is 5.02 Å². The molecule has 146 valence electrons. The third-order valence-corrected chi connectivity index (χ3v) is 5.99. The molecule has 1 unspecified atom stereocenters. The third kappa shape index (κ3) is 6.23. The van der Waals surface area contributed by atoms with Crippen molar-refractivity contribution in [3.8, 4) is 0 Å². The molecule has 8 heteroatoms. The van der Waals surface area contributed by atoms with E-state index in [1.165, 1.54) is 0 Å². The number of nitrogens with zero attached hydrogens (tertiary/aromatic N) is 1. The fraction of sp³-hybridized carbons (Fsp3) is 0.611. The molecule has 2 N–H and O–H groups in total. The van der Waals surface area contributed by atoms with E-state index in [1.54, 1.807) is 24.3 Å². The van der Waals surface area contributed by atoms with Gasteiger partial charge in [0.05, 0.1) is 22.7 Å². The Hall–Kier alpha value is -1.15. The Morgan fingerprint density at radius 3 is 2.54 bits per heavy atom. The average Bonchev–Trinajstić information content (AvgIpc) is 2.50. The van der Waals surface area contributed by atoms with Crippen molar-refractivity contribution in [3.63, 3.8) is 0 Å². The highest BCUT2D eigenvalue weighted by Gasteiger charge is 2.36. The maximum absolute atomic E-state index is 12.5. The van der Waals surface area contributed by atoms with Crippen LogP contribution in [0.25, 0.3) is 0 Å². The van der Waals surface area contributed by atoms with Crippen molar-refractivity contribution < 1.29 is 18.8 Å². The number of amides is 1. The third-order valence-electron chi connectivity index (χ3n) is 4.10. The Balaban J connectivity index is 1.74. The molecule has 0 aromatic heterocycles. The Bertz CT molecular complexity index is 627. The number of carbonyl (C=O) groups is 1. The number of alkyl carbamates (subject to hydrolysis) is 1. The fourth-order valence-electron chi connectivity index (χ4n) is 2.71. The van der Waals surface area contributed by atoms with Crippen molar-refractivity contribution in [3.05, 3.63) is 29.3 Å². The number of aliphatic hydroxyl groups is 1. The van der Waals surface area contributed by atoms with Gasteiger partial charge < -0.3 is 15.2 Å². The zero-order valence-corrected chi connectivity index (χ0v) is 17.0. The highest BCUT2D eigenvalue weighted by atomic mass is 35.5. The molecule has 1 aromatic rings. The fourth-order valence-corrected chi connectivity index (χ4v) is 4.28. The van der Waals surface area contributed by atoms with E-state index in [0.717, 1.165) is 4.90 Å². The van der Waals surface area contributed by atoms with Crippen molar-refractivity contribution in [2.24, 2.45) is 0 Å². The summed E-state index contributed by atoms with van der Waals surface area (Å²) in [5, 5.41) is 13.0. The number of benzene rings is 1. The van der Waals surface area contributed by atoms with Crippen LogP contribution >= 0.6 is 11.6 Å². The van der Waals surface area contributed by atoms with Gasteiger partial charge in [-0.25, -0.2) is 4.79 Å². The van der Waals surface area contributed by atoms with Gasteiger partial charge in [0.2, 0.25) is 0 Å². The standard InChI is InChI=1S/C18H27ClN2O4S/c1-18(2,3)25-17(23)20-9-8-14(12-22)21-10-16(11-21)26(24)15-6-4-13(19)5-7-15/h4-7,14,16,22H,8-12H2,1-3H3,(H,20,23)/t14-,26?/m0/s1. The largest absolute Gasteiger partial charge is 0.444 e. The van der Waals surface area contributed by atoms with Gasteiger partial charge in [-0.05, 0) is 51.5 Å². The second-order valence-electron chi connectivity index (χ2n) is 7.38. The molecule has 0 spiro atoms. The molecule has 1 saturated heterocycles. The zero-order chi connectivity index (χ0) is 19.3. The van der Waals surface area contributed by atoms with Gasteiger partial charge in [0.15, 0.2) is 0 Å². The molecule has 0 aliphatic carbocycles. The summed E-state index contributed by atoms with van der Waals surface area (Å²) < 4.78 is 17.7. The number of halogens is 1. The van der Waals surface area contributed by atoms with E-state index in [4.69, 9.17) is 16.3 Å². The minimum Gasteiger partial charge on any atom is -0.444 e. The molecule has 0 bridgehead atoms. The molecule has 2 atom stereocenters. The first-order chi connectivity index (χ1) is 12.2. The van der Waals surface area contributed by atoms with Crippen LogP contribution in [0.1, 0.15) is 27.2 Å². The zero-order valence-electron chi connectivity index (χ0n) is 15.4. The van der Waals surface area contributed by atoms with E-state index in [9.17, 15) is 14.1 Å². The number of aliphatic hydroxyl groups excluding tert-OH is 1. The van der Waals surface area contributed by atoms with Gasteiger partial charge in [-0.3, -0.25) is 9.11 Å². The van der Waals surface area contributed by atoms with Crippen LogP contribution in [0.15, 0.2) is 29.2 Å². The van der Waals surface area contributed by atoms with Crippen LogP contribution in [0.4, 0.5) is 4.79 Å². The smallest absolute Gasteiger partial charge is 0.407 e. The van der Waals surface area contributed by atoms with Gasteiger partial charge in [0.1, 0.15) is 5.60 Å². The van der Waals surface area contributed by atoms with Gasteiger partial charge in [0.25, 0.3) is 0 Å². The molecule has 0 radical (unpaired) electrons. The van der Waals surface area contributed by atoms with Crippen molar-refractivity contribution in [1.29, 1.82) is 0 Å². The highest BCUT2D eigenvalue weighted by Crippen LogP contribution is 2.24. The van der Waals surface area contributed by atoms with E-state index in [2.05, 4.69) is 10.2 Å². The minimum absolute atomic E-state index is 0.00367. The molecule has 0 saturated carbocycles. The Morgan fingerprint density at radius 1 is 1.38 bits per heavy atom. The second-order valence-corrected chi connectivity index (χ2v) is 9.55. The molecular formula is C18H27ClN2O4S. The molecule has 1 amide bonds. The molecule has 1 aromatic carbocycles. The van der Waals surface area contributed by atoms with E-state index < -0.39 is 22.5 Å². The summed E-state index contributed by atoms with van der Waals surface area (Å²) in [5.41, 5.74) is -0.531. The average molecular weight is 403 g/mol. The van der Waals surface area contributed by atoms with Crippen molar-refractivity contribution >= 4 is 28.5 Å². The number of hydrogen-bond acceptors (Lipinski definition) is 5. The molecule has 1 heterocycles. The summed E-state index contributed by atoms with van der Waals surface area (Å²) >= 11 is 5.86. The molecule has 2 rings (SSSR count). The lowest BCUT2D eigenvalue weighted by atomic mass is 10.1. The van der Waals surface area contributed by atoms with E-state index in [1.807, 2.05) is 20.8 Å². The Labute approximate surface area is 162 Å². The van der Waals surface area contributed by atoms with Crippen molar-refractivity contribution in [2.45, 2.75) is 49.0 Å². The van der Waals surface area contributed by atoms with Gasteiger partial charge >= 0.3 is 6.09 Å². The number of rotatable bonds is 7. The lowest BCUT2D eigenvalue weighted by Gasteiger charge is -2.43. The molecule has 6 nitrogen and oxygen atoms in total. The summed E-state index contributed by atoms with van der Waals surface area (Å²) in [7, 11) is -1.09. The molecule has 1 aliphatic rings. The number of hydrogen-bond donors (Lipinski definition) is 2. The van der Waals surface area contributed by atoms with Crippen LogP contribution in [-0.2, 0) is 15.5 Å². The first-order valence-electron chi connectivity index (χ1n) is 8.67. The van der Waals surface area contributed by atoms with Gasteiger partial charge in [-0.1, -0.05) is 11.6 Å². The predicted molar refractivity (Wildman–Crippen MR) is 103 cm³/mol. The van der Waals surface area contributed by atoms with E-state index in [-0.39, 0.29) is 17.9 Å². The summed E-state index contributed by atoms with van der Waals surface area (Å²) in [4.78, 5) is 14.5. The van der Waals surface area contributed by atoms with Crippen molar-refractivity contribution in [1.82, 2.24) is 10.2 Å². The Morgan fingerprint density at radius 2 is 2.00 bits per heavy atom. The van der Waals surface area contributed by atoms with Crippen LogP contribution in [-0.4, -0.2) is 63.4 Å². The van der Waals surface area contributed by atoms with Crippen LogP contribution < -0.4 is 5.32 Å². The summed E-state index contributed by atoms with van der Waals surface area (Å²) in [6.45, 7) is 7.16. The number of carbonyl (C=O) groups excluding carboxylic acids is 1. The lowest BCUT2D eigenvalue weighted by molar-refractivity contribution is 0.0489. The molecular weight excluding hydrogens is 376 g/mol. The topological polar surface area (TPSA) is 78.9 Å². The quantitative estimate of drug-likeness (QED) is 0.732. The summed E-state index contributed by atoms with van der Waals surface area (Å²) in [5.74, 6) is 0.